The van der Waals surface area contributed by atoms with Crippen molar-refractivity contribution in [3.8, 4) is 11.5 Å². The van der Waals surface area contributed by atoms with Gasteiger partial charge in [-0.1, -0.05) is 12.2 Å². The van der Waals surface area contributed by atoms with Crippen LogP contribution in [-0.2, 0) is 0 Å². The van der Waals surface area contributed by atoms with Crippen LogP contribution in [-0.4, -0.2) is 9.97 Å². The predicted molar refractivity (Wildman–Crippen MR) is 71.3 cm³/mol. The molecule has 0 aliphatic carbocycles. The molecule has 0 atom stereocenters. The molecular formula is C13H11FN2OS. The molecule has 1 heterocycles. The summed E-state index contributed by atoms with van der Waals surface area (Å²) < 4.78 is 18.5. The molecule has 3 nitrogen and oxygen atoms in total. The molecule has 0 saturated heterocycles. The number of pyridine rings is 1. The molecule has 2 aromatic rings. The Morgan fingerprint density at radius 2 is 2.11 bits per heavy atom. The number of nitrogens with two attached hydrogens (primary N) is 1. The van der Waals surface area contributed by atoms with Crippen molar-refractivity contribution < 1.29 is 9.13 Å². The fourth-order valence-electron chi connectivity index (χ4n) is 1.44. The number of halogens is 1. The van der Waals surface area contributed by atoms with Crippen molar-refractivity contribution in [3.63, 3.8) is 0 Å². The second kappa shape index (κ2) is 5.10. The van der Waals surface area contributed by atoms with Crippen molar-refractivity contribution in [2.75, 3.05) is 0 Å². The molecule has 0 bridgehead atoms. The van der Waals surface area contributed by atoms with Gasteiger partial charge in [-0.3, -0.25) is 0 Å². The number of ether oxygens (including phenoxy) is 1. The van der Waals surface area contributed by atoms with Crippen molar-refractivity contribution in [2.45, 2.75) is 6.92 Å². The van der Waals surface area contributed by atoms with Gasteiger partial charge in [0.1, 0.15) is 22.3 Å². The zero-order chi connectivity index (χ0) is 13.1. The van der Waals surface area contributed by atoms with Crippen molar-refractivity contribution >= 4 is 17.2 Å². The molecule has 0 saturated carbocycles. The summed E-state index contributed by atoms with van der Waals surface area (Å²) in [6.07, 6.45) is 1.53. The van der Waals surface area contributed by atoms with Crippen LogP contribution in [0.4, 0.5) is 4.39 Å². The lowest BCUT2D eigenvalue weighted by Crippen LogP contribution is -2.10. The second-order valence-corrected chi connectivity index (χ2v) is 4.20. The number of nitrogens with zero attached hydrogens (tertiary/aromatic N) is 1. The first-order valence-corrected chi connectivity index (χ1v) is 5.67. The van der Waals surface area contributed by atoms with Gasteiger partial charge in [-0.05, 0) is 42.8 Å². The van der Waals surface area contributed by atoms with E-state index in [1.54, 1.807) is 25.1 Å². The fraction of sp³-hybridized carbons (Fsp3) is 0.0769. The van der Waals surface area contributed by atoms with E-state index in [1.165, 1.54) is 18.3 Å². The Hall–Kier alpha value is -2.01. The van der Waals surface area contributed by atoms with Crippen LogP contribution in [0.2, 0.25) is 0 Å². The zero-order valence-electron chi connectivity index (χ0n) is 9.68. The maximum absolute atomic E-state index is 12.9. The van der Waals surface area contributed by atoms with Gasteiger partial charge < -0.3 is 10.5 Å². The lowest BCUT2D eigenvalue weighted by atomic mass is 10.2. The highest BCUT2D eigenvalue weighted by molar-refractivity contribution is 7.80. The SMILES string of the molecule is Cc1cc(F)ccc1Oc1ccc(C(N)=S)nc1. The molecule has 1 aromatic heterocycles. The third-order valence-corrected chi connectivity index (χ3v) is 2.56. The molecule has 2 rings (SSSR count). The summed E-state index contributed by atoms with van der Waals surface area (Å²) in [6.45, 7) is 1.77. The Balaban J connectivity index is 2.21. The highest BCUT2D eigenvalue weighted by Gasteiger charge is 2.04. The average molecular weight is 262 g/mol. The van der Waals surface area contributed by atoms with Gasteiger partial charge in [0.15, 0.2) is 0 Å². The van der Waals surface area contributed by atoms with Crippen molar-refractivity contribution in [1.29, 1.82) is 0 Å². The smallest absolute Gasteiger partial charge is 0.145 e. The van der Waals surface area contributed by atoms with Crippen LogP contribution >= 0.6 is 12.2 Å². The van der Waals surface area contributed by atoms with Crippen LogP contribution < -0.4 is 10.5 Å². The molecule has 18 heavy (non-hydrogen) atoms. The largest absolute Gasteiger partial charge is 0.455 e. The number of aryl methyl sites for hydroxylation is 1. The van der Waals surface area contributed by atoms with E-state index in [0.29, 0.717) is 22.8 Å². The summed E-state index contributed by atoms with van der Waals surface area (Å²) in [6, 6.07) is 7.72. The van der Waals surface area contributed by atoms with E-state index in [1.807, 2.05) is 0 Å². The fourth-order valence-corrected chi connectivity index (χ4v) is 1.56. The Kier molecular flexibility index (Phi) is 3.53. The highest BCUT2D eigenvalue weighted by Crippen LogP contribution is 2.24. The van der Waals surface area contributed by atoms with E-state index in [2.05, 4.69) is 4.98 Å². The molecule has 0 amide bonds. The van der Waals surface area contributed by atoms with Crippen LogP contribution in [0.3, 0.4) is 0 Å². The Morgan fingerprint density at radius 1 is 1.33 bits per heavy atom. The summed E-state index contributed by atoms with van der Waals surface area (Å²) >= 11 is 4.80. The van der Waals surface area contributed by atoms with E-state index in [9.17, 15) is 4.39 Å². The molecular weight excluding hydrogens is 251 g/mol. The molecule has 0 radical (unpaired) electrons. The van der Waals surface area contributed by atoms with Crippen LogP contribution in [0.25, 0.3) is 0 Å². The van der Waals surface area contributed by atoms with E-state index >= 15 is 0 Å². The molecule has 92 valence electrons. The summed E-state index contributed by atoms with van der Waals surface area (Å²) in [4.78, 5) is 4.29. The summed E-state index contributed by atoms with van der Waals surface area (Å²) in [5.41, 5.74) is 6.70. The second-order valence-electron chi connectivity index (χ2n) is 3.76. The molecule has 1 aromatic carbocycles. The maximum Gasteiger partial charge on any atom is 0.145 e. The Bertz CT molecular complexity index is 584. The van der Waals surface area contributed by atoms with Gasteiger partial charge >= 0.3 is 0 Å². The van der Waals surface area contributed by atoms with Gasteiger partial charge in [-0.25, -0.2) is 9.37 Å². The van der Waals surface area contributed by atoms with Gasteiger partial charge in [-0.15, -0.1) is 0 Å². The molecule has 0 fully saturated rings. The zero-order valence-corrected chi connectivity index (χ0v) is 10.5. The lowest BCUT2D eigenvalue weighted by Gasteiger charge is -2.08. The van der Waals surface area contributed by atoms with Gasteiger partial charge in [0.25, 0.3) is 0 Å². The first-order chi connectivity index (χ1) is 8.56. The quantitative estimate of drug-likeness (QED) is 0.864. The molecule has 0 aliphatic rings. The van der Waals surface area contributed by atoms with Crippen molar-refractivity contribution in [3.05, 3.63) is 53.6 Å². The minimum absolute atomic E-state index is 0.236. The number of benzene rings is 1. The van der Waals surface area contributed by atoms with E-state index in [0.717, 1.165) is 0 Å². The minimum Gasteiger partial charge on any atom is -0.455 e. The molecule has 2 N–H and O–H groups in total. The van der Waals surface area contributed by atoms with Crippen LogP contribution in [0, 0.1) is 12.7 Å². The monoisotopic (exact) mass is 262 g/mol. The van der Waals surface area contributed by atoms with Crippen LogP contribution in [0.5, 0.6) is 11.5 Å². The number of hydrogen-bond acceptors (Lipinski definition) is 3. The van der Waals surface area contributed by atoms with E-state index < -0.39 is 0 Å². The summed E-state index contributed by atoms with van der Waals surface area (Å²) in [5, 5.41) is 0. The van der Waals surface area contributed by atoms with Gasteiger partial charge in [0.2, 0.25) is 0 Å². The van der Waals surface area contributed by atoms with Gasteiger partial charge in [-0.2, -0.15) is 0 Å². The average Bonchev–Trinajstić information content (AvgIpc) is 2.33. The topological polar surface area (TPSA) is 48.1 Å². The van der Waals surface area contributed by atoms with Crippen molar-refractivity contribution in [2.24, 2.45) is 5.73 Å². The minimum atomic E-state index is -0.290. The van der Waals surface area contributed by atoms with Crippen LogP contribution in [0.15, 0.2) is 36.5 Å². The van der Waals surface area contributed by atoms with Crippen molar-refractivity contribution in [1.82, 2.24) is 4.98 Å². The molecule has 0 aliphatic heterocycles. The third kappa shape index (κ3) is 2.81. The van der Waals surface area contributed by atoms with E-state index in [-0.39, 0.29) is 10.8 Å². The third-order valence-electron chi connectivity index (χ3n) is 2.35. The molecule has 5 heteroatoms. The Morgan fingerprint density at radius 3 is 2.67 bits per heavy atom. The first kappa shape index (κ1) is 12.4. The summed E-state index contributed by atoms with van der Waals surface area (Å²) in [7, 11) is 0. The predicted octanol–water partition coefficient (Wildman–Crippen LogP) is 2.96. The number of aromatic nitrogens is 1. The van der Waals surface area contributed by atoms with Crippen LogP contribution in [0.1, 0.15) is 11.3 Å². The number of hydrogen-bond donors (Lipinski definition) is 1. The normalized spacial score (nSPS) is 10.1. The highest BCUT2D eigenvalue weighted by atomic mass is 32.1. The van der Waals surface area contributed by atoms with E-state index in [4.69, 9.17) is 22.7 Å². The summed E-state index contributed by atoms with van der Waals surface area (Å²) in [5.74, 6) is 0.841. The number of rotatable bonds is 3. The lowest BCUT2D eigenvalue weighted by molar-refractivity contribution is 0.474. The molecule has 0 unspecified atom stereocenters. The first-order valence-electron chi connectivity index (χ1n) is 5.26. The van der Waals surface area contributed by atoms with Gasteiger partial charge in [0.05, 0.1) is 11.9 Å². The standard InChI is InChI=1S/C13H11FN2OS/c1-8-6-9(14)2-5-12(8)17-10-3-4-11(13(15)18)16-7-10/h2-7H,1H3,(H2,15,18). The van der Waals surface area contributed by atoms with Gasteiger partial charge in [0, 0.05) is 0 Å². The maximum atomic E-state index is 12.9. The number of thiocarbonyl (C=S) groups is 1. The molecule has 0 spiro atoms. The Labute approximate surface area is 109 Å².